The van der Waals surface area contributed by atoms with Gasteiger partial charge in [0.2, 0.25) is 0 Å². The van der Waals surface area contributed by atoms with Crippen molar-refractivity contribution in [3.05, 3.63) is 59.7 Å². The quantitative estimate of drug-likeness (QED) is 0.143. The molecule has 2 aromatic carbocycles. The van der Waals surface area contributed by atoms with E-state index in [0.717, 1.165) is 43.9 Å². The molecule has 15 heteroatoms. The largest absolute Gasteiger partial charge is 0.396 e. The van der Waals surface area contributed by atoms with Crippen LogP contribution >= 0.6 is 10.7 Å². The second-order valence-electron chi connectivity index (χ2n) is 7.73. The summed E-state index contributed by atoms with van der Waals surface area (Å²) in [4.78, 5) is 20.0. The van der Waals surface area contributed by atoms with Crippen LogP contribution in [0.4, 0.5) is 9.59 Å². The molecule has 0 atom stereocenters. The summed E-state index contributed by atoms with van der Waals surface area (Å²) >= 11 is 0. The van der Waals surface area contributed by atoms with Gasteiger partial charge in [-0.25, -0.2) is 8.42 Å². The molecule has 0 aliphatic heterocycles. The number of benzene rings is 2. The van der Waals surface area contributed by atoms with Crippen molar-refractivity contribution in [1.82, 2.24) is 10.6 Å². The Morgan fingerprint density at radius 1 is 0.767 bits per heavy atom. The monoisotopic (exact) mass is 660 g/mol. The van der Waals surface area contributed by atoms with E-state index in [0.29, 0.717) is 6.54 Å². The molecule has 0 aliphatic rings. The Bertz CT molecular complexity index is 1180. The minimum atomic E-state index is -3.55. The van der Waals surface area contributed by atoms with E-state index in [2.05, 4.69) is 22.7 Å². The highest BCUT2D eigenvalue weighted by Gasteiger charge is 2.11. The summed E-state index contributed by atoms with van der Waals surface area (Å²) in [6.45, 7) is 12.7. The Morgan fingerprint density at radius 2 is 1.14 bits per heavy atom. The summed E-state index contributed by atoms with van der Waals surface area (Å²) in [5.74, 6) is -0.961. The first-order chi connectivity index (χ1) is 20.1. The molecule has 2 amide bonds. The van der Waals surface area contributed by atoms with E-state index >= 15 is 0 Å². The Morgan fingerprint density at radius 3 is 1.44 bits per heavy atom. The van der Waals surface area contributed by atoms with Gasteiger partial charge in [-0.05, 0) is 51.0 Å². The van der Waals surface area contributed by atoms with Crippen molar-refractivity contribution >= 4 is 57.2 Å². The van der Waals surface area contributed by atoms with Crippen LogP contribution in [0, 0.1) is 13.8 Å². The van der Waals surface area contributed by atoms with E-state index in [1.54, 1.807) is 24.3 Å². The molecule has 0 bridgehead atoms. The molecule has 0 fully saturated rings. The molecule has 0 unspecified atom stereocenters. The SMILES string of the molecule is CC.CC.COS(=O)(=O)c1ccc(C)cc1.Cc1ccc(S(=O)(=O)Cl)cc1.[B]C(=O)NC.[B]C(=O)NCCCCCCO. The van der Waals surface area contributed by atoms with Crippen LogP contribution in [0.1, 0.15) is 64.5 Å². The fraction of sp³-hybridized carbons (Fsp3) is 0.500. The fourth-order valence-electron chi connectivity index (χ4n) is 2.30. The topological polar surface area (TPSA) is 156 Å². The maximum atomic E-state index is 11.1. The summed E-state index contributed by atoms with van der Waals surface area (Å²) in [7, 11) is 10.0. The molecule has 2 aromatic rings. The number of hydrogen-bond donors (Lipinski definition) is 3. The predicted molar refractivity (Wildman–Crippen MR) is 177 cm³/mol. The first kappa shape index (κ1) is 47.5. The van der Waals surface area contributed by atoms with Crippen LogP contribution in [0.2, 0.25) is 0 Å². The molecule has 43 heavy (non-hydrogen) atoms. The van der Waals surface area contributed by atoms with Gasteiger partial charge in [0.15, 0.2) is 27.3 Å². The Hall–Kier alpha value is -2.38. The van der Waals surface area contributed by atoms with Crippen LogP contribution in [0.25, 0.3) is 0 Å². The zero-order valence-corrected chi connectivity index (χ0v) is 28.9. The van der Waals surface area contributed by atoms with Crippen LogP contribution < -0.4 is 10.6 Å². The molecule has 0 saturated carbocycles. The van der Waals surface area contributed by atoms with Gasteiger partial charge in [-0.2, -0.15) is 8.42 Å². The van der Waals surface area contributed by atoms with Crippen molar-refractivity contribution in [3.63, 3.8) is 0 Å². The Balaban J connectivity index is -0.000000233. The van der Waals surface area contributed by atoms with Crippen molar-refractivity contribution in [2.75, 3.05) is 27.3 Å². The van der Waals surface area contributed by atoms with E-state index in [-0.39, 0.29) is 16.4 Å². The number of amides is 2. The molecule has 10 nitrogen and oxygen atoms in total. The molecule has 0 aliphatic carbocycles. The molecule has 0 saturated heterocycles. The Kier molecular flexibility index (Phi) is 32.8. The van der Waals surface area contributed by atoms with Crippen LogP contribution in [0.5, 0.6) is 0 Å². The van der Waals surface area contributed by atoms with E-state index in [1.807, 2.05) is 41.5 Å². The number of carbonyl (C=O) groups excluding carboxylic acids is 2. The summed E-state index contributed by atoms with van der Waals surface area (Å²) < 4.78 is 47.9. The normalized spacial score (nSPS) is 9.63. The first-order valence-electron chi connectivity index (χ1n) is 13.6. The van der Waals surface area contributed by atoms with Crippen molar-refractivity contribution in [2.45, 2.75) is 77.0 Å². The summed E-state index contributed by atoms with van der Waals surface area (Å²) in [5, 5.41) is 13.1. The lowest BCUT2D eigenvalue weighted by Gasteiger charge is -2.00. The molecule has 0 spiro atoms. The zero-order valence-electron chi connectivity index (χ0n) is 26.5. The van der Waals surface area contributed by atoms with Gasteiger partial charge in [-0.15, -0.1) is 0 Å². The highest BCUT2D eigenvalue weighted by Crippen LogP contribution is 2.14. The van der Waals surface area contributed by atoms with Crippen LogP contribution in [-0.4, -0.2) is 76.6 Å². The van der Waals surface area contributed by atoms with Gasteiger partial charge in [0.25, 0.3) is 19.2 Å². The van der Waals surface area contributed by atoms with Gasteiger partial charge in [0.05, 0.1) is 16.9 Å². The molecule has 0 heterocycles. The zero-order chi connectivity index (χ0) is 34.5. The molecule has 3 N–H and O–H groups in total. The van der Waals surface area contributed by atoms with Crippen LogP contribution in [-0.2, 0) is 23.4 Å². The average Bonchev–Trinajstić information content (AvgIpc) is 2.98. The minimum absolute atomic E-state index is 0.143. The van der Waals surface area contributed by atoms with E-state index in [9.17, 15) is 26.4 Å². The maximum Gasteiger partial charge on any atom is 0.296 e. The summed E-state index contributed by atoms with van der Waals surface area (Å²) in [6.07, 6.45) is 3.82. The highest BCUT2D eigenvalue weighted by molar-refractivity contribution is 8.13. The molecule has 4 radical (unpaired) electrons. The third-order valence-electron chi connectivity index (χ3n) is 4.46. The third-order valence-corrected chi connectivity index (χ3v) is 7.12. The van der Waals surface area contributed by atoms with E-state index in [1.165, 1.54) is 31.3 Å². The maximum absolute atomic E-state index is 11.1. The lowest BCUT2D eigenvalue weighted by atomic mass is 10.1. The third kappa shape index (κ3) is 30.9. The van der Waals surface area contributed by atoms with Crippen molar-refractivity contribution < 1.29 is 35.7 Å². The van der Waals surface area contributed by atoms with Crippen LogP contribution in [0.3, 0.4) is 0 Å². The number of aryl methyl sites for hydroxylation is 2. The number of rotatable bonds is 9. The minimum Gasteiger partial charge on any atom is -0.396 e. The second kappa shape index (κ2) is 29.7. The van der Waals surface area contributed by atoms with E-state index < -0.39 is 30.8 Å². The number of aliphatic hydroxyl groups is 1. The number of unbranched alkanes of at least 4 members (excludes halogenated alkanes) is 3. The molecule has 2 rings (SSSR count). The molecule has 242 valence electrons. The molecule has 0 aromatic heterocycles. The van der Waals surface area contributed by atoms with Gasteiger partial charge in [0.1, 0.15) is 0 Å². The Labute approximate surface area is 266 Å². The van der Waals surface area contributed by atoms with E-state index in [4.69, 9.17) is 23.6 Å². The van der Waals surface area contributed by atoms with Crippen molar-refractivity contribution in [2.24, 2.45) is 0 Å². The lowest BCUT2D eigenvalue weighted by molar-refractivity contribution is 0.259. The number of carbonyl (C=O) groups is 2. The standard InChI is InChI=1S/C8H10O3S.C7H14BNO2.C7H7ClO2S.C2H4BNO.2C2H6/c1-7-3-5-8(6-4-7)12(9,10)11-2;8-7(11)9-5-3-1-2-4-6-10;1-6-2-4-7(5-3-6)11(8,9)10;1-4-2(3)5;2*1-2/h3-6H,1-2H3;10H,1-6H2,(H,9,11);2-5H,1H3;1H3,(H,4,5);2*1-2H3. The van der Waals surface area contributed by atoms with Gasteiger partial charge in [-0.3, -0.25) is 13.8 Å². The van der Waals surface area contributed by atoms with Gasteiger partial charge < -0.3 is 15.7 Å². The summed E-state index contributed by atoms with van der Waals surface area (Å²) in [6, 6.07) is 12.9. The average molecular weight is 661 g/mol. The van der Waals surface area contributed by atoms with Crippen molar-refractivity contribution in [3.8, 4) is 0 Å². The number of nitrogens with one attached hydrogen (secondary N) is 2. The smallest absolute Gasteiger partial charge is 0.296 e. The fourth-order valence-corrected chi connectivity index (χ4v) is 3.74. The summed E-state index contributed by atoms with van der Waals surface area (Å²) in [5.41, 5.74) is 2.03. The highest BCUT2D eigenvalue weighted by atomic mass is 35.7. The number of hydrogen-bond acceptors (Lipinski definition) is 8. The van der Waals surface area contributed by atoms with Crippen LogP contribution in [0.15, 0.2) is 58.3 Å². The van der Waals surface area contributed by atoms with Gasteiger partial charge >= 0.3 is 0 Å². The first-order valence-corrected chi connectivity index (χ1v) is 17.3. The van der Waals surface area contributed by atoms with Gasteiger partial charge in [-0.1, -0.05) is 75.9 Å². The van der Waals surface area contributed by atoms with Crippen molar-refractivity contribution in [1.29, 1.82) is 0 Å². The lowest BCUT2D eigenvalue weighted by Crippen LogP contribution is -2.22. The number of aliphatic hydroxyl groups excluding tert-OH is 1. The molecular formula is C28H47B2ClN2O8S2. The molecular weight excluding hydrogens is 614 g/mol. The predicted octanol–water partition coefficient (Wildman–Crippen LogP) is 5.22. The number of halogens is 1. The second-order valence-corrected chi connectivity index (χ2v) is 12.0. The van der Waals surface area contributed by atoms with Gasteiger partial charge in [0, 0.05) is 30.9 Å².